The van der Waals surface area contributed by atoms with Gasteiger partial charge in [0.25, 0.3) is 0 Å². The summed E-state index contributed by atoms with van der Waals surface area (Å²) in [5, 5.41) is 2.61. The molecule has 1 N–H and O–H groups in total. The van der Waals surface area contributed by atoms with Crippen LogP contribution in [0.5, 0.6) is 0 Å². The van der Waals surface area contributed by atoms with Crippen LogP contribution in [0.4, 0.5) is 0 Å². The van der Waals surface area contributed by atoms with Gasteiger partial charge in [0, 0.05) is 48.2 Å². The fourth-order valence-electron chi connectivity index (χ4n) is 3.17. The van der Waals surface area contributed by atoms with Gasteiger partial charge in [0.1, 0.15) is 0 Å². The third kappa shape index (κ3) is 5.58. The van der Waals surface area contributed by atoms with E-state index in [1.807, 2.05) is 0 Å². The Morgan fingerprint density at radius 1 is 0.520 bits per heavy atom. The molecule has 0 radical (unpaired) electrons. The second-order valence-electron chi connectivity index (χ2n) is 6.56. The first-order valence-electron chi connectivity index (χ1n) is 9.56. The second-order valence-corrected chi connectivity index (χ2v) is 6.56. The monoisotopic (exact) mass is 339 g/mol. The van der Waals surface area contributed by atoms with Gasteiger partial charge in [-0.1, -0.05) is 36.4 Å². The topological polar surface area (TPSA) is 34.2 Å². The Hall–Kier alpha value is -1.84. The number of H-pyrrole nitrogens is 1. The normalized spacial score (nSPS) is 17.3. The van der Waals surface area contributed by atoms with Crippen molar-refractivity contribution in [2.75, 3.05) is 26.4 Å². The van der Waals surface area contributed by atoms with E-state index in [0.29, 0.717) is 0 Å². The highest BCUT2D eigenvalue weighted by molar-refractivity contribution is 6.06. The van der Waals surface area contributed by atoms with Crippen molar-refractivity contribution in [3.63, 3.8) is 0 Å². The van der Waals surface area contributed by atoms with Crippen LogP contribution in [0.3, 0.4) is 0 Å². The van der Waals surface area contributed by atoms with Crippen LogP contribution in [-0.4, -0.2) is 31.4 Å². The molecule has 0 saturated carbocycles. The van der Waals surface area contributed by atoms with Crippen LogP contribution in [-0.2, 0) is 9.47 Å². The van der Waals surface area contributed by atoms with E-state index in [4.69, 9.17) is 9.47 Å². The highest BCUT2D eigenvalue weighted by atomic mass is 16.5. The fourth-order valence-corrected chi connectivity index (χ4v) is 3.17. The van der Waals surface area contributed by atoms with E-state index in [0.717, 1.165) is 26.4 Å². The lowest BCUT2D eigenvalue weighted by Gasteiger charge is -2.08. The first-order valence-corrected chi connectivity index (χ1v) is 9.56. The molecule has 2 saturated heterocycles. The summed E-state index contributed by atoms with van der Waals surface area (Å²) in [6, 6.07) is 16.8. The van der Waals surface area contributed by atoms with Crippen LogP contribution in [0.15, 0.2) is 48.5 Å². The van der Waals surface area contributed by atoms with Gasteiger partial charge in [-0.3, -0.25) is 0 Å². The lowest BCUT2D eigenvalue weighted by molar-refractivity contribution is 0.0967. The van der Waals surface area contributed by atoms with E-state index in [2.05, 4.69) is 53.5 Å². The highest BCUT2D eigenvalue weighted by Crippen LogP contribution is 2.24. The molecule has 0 atom stereocenters. The third-order valence-electron chi connectivity index (χ3n) is 4.57. The lowest BCUT2D eigenvalue weighted by Crippen LogP contribution is -2.03. The standard InChI is InChI=1S/C12H9N.2C5H10O/c1-3-7-11-9(5-1)10-6-2-4-8-12(10)13-11;2*1-2-4-6-5-3-1/h1-8,13H;2*1-5H2. The molecule has 0 spiro atoms. The molecule has 0 bridgehead atoms. The van der Waals surface area contributed by atoms with E-state index in [9.17, 15) is 0 Å². The molecule has 3 nitrogen and oxygen atoms in total. The van der Waals surface area contributed by atoms with Crippen molar-refractivity contribution in [1.82, 2.24) is 4.98 Å². The SMILES string of the molecule is C1CCOCC1.C1CCOCC1.c1ccc2c(c1)[nH]c1ccccc12. The van der Waals surface area contributed by atoms with Gasteiger partial charge in [-0.15, -0.1) is 0 Å². The zero-order chi connectivity index (χ0) is 17.2. The van der Waals surface area contributed by atoms with E-state index >= 15 is 0 Å². The molecule has 25 heavy (non-hydrogen) atoms. The minimum atomic E-state index is 1.00. The summed E-state index contributed by atoms with van der Waals surface area (Å²) >= 11 is 0. The van der Waals surface area contributed by atoms with Gasteiger partial charge in [-0.2, -0.15) is 0 Å². The quantitative estimate of drug-likeness (QED) is 0.570. The average Bonchev–Trinajstić information content (AvgIpc) is 3.10. The third-order valence-corrected chi connectivity index (χ3v) is 4.57. The van der Waals surface area contributed by atoms with Gasteiger partial charge in [0.15, 0.2) is 0 Å². The van der Waals surface area contributed by atoms with Gasteiger partial charge < -0.3 is 14.5 Å². The van der Waals surface area contributed by atoms with E-state index < -0.39 is 0 Å². The summed E-state index contributed by atoms with van der Waals surface area (Å²) in [5.41, 5.74) is 2.42. The molecule has 2 aliphatic heterocycles. The second kappa shape index (κ2) is 10.2. The van der Waals surface area contributed by atoms with Gasteiger partial charge in [0.2, 0.25) is 0 Å². The number of hydrogen-bond acceptors (Lipinski definition) is 2. The van der Waals surface area contributed by atoms with Gasteiger partial charge >= 0.3 is 0 Å². The molecule has 2 aliphatic rings. The number of hydrogen-bond donors (Lipinski definition) is 1. The van der Waals surface area contributed by atoms with E-state index in [1.165, 1.54) is 60.3 Å². The lowest BCUT2D eigenvalue weighted by atomic mass is 10.2. The number of para-hydroxylation sites is 2. The Morgan fingerprint density at radius 2 is 0.920 bits per heavy atom. The predicted octanol–water partition coefficient (Wildman–Crippen LogP) is 5.69. The average molecular weight is 339 g/mol. The van der Waals surface area contributed by atoms with Gasteiger partial charge in [-0.25, -0.2) is 0 Å². The number of benzene rings is 2. The zero-order valence-electron chi connectivity index (χ0n) is 15.0. The summed E-state index contributed by atoms with van der Waals surface area (Å²) in [4.78, 5) is 3.38. The minimum absolute atomic E-state index is 1.00. The summed E-state index contributed by atoms with van der Waals surface area (Å²) in [6.45, 7) is 4.00. The smallest absolute Gasteiger partial charge is 0.0466 e. The number of fused-ring (bicyclic) bond motifs is 3. The van der Waals surface area contributed by atoms with Gasteiger partial charge in [0.05, 0.1) is 0 Å². The summed E-state index contributed by atoms with van der Waals surface area (Å²) in [5.74, 6) is 0. The molecule has 0 aliphatic carbocycles. The number of nitrogens with one attached hydrogen (secondary N) is 1. The molecular weight excluding hydrogens is 310 g/mol. The molecule has 2 aromatic carbocycles. The van der Waals surface area contributed by atoms with Crippen molar-refractivity contribution in [3.8, 4) is 0 Å². The molecule has 2 fully saturated rings. The van der Waals surface area contributed by atoms with Crippen molar-refractivity contribution < 1.29 is 9.47 Å². The first kappa shape index (κ1) is 18.0. The number of rotatable bonds is 0. The molecule has 3 heterocycles. The molecule has 1 aromatic heterocycles. The maximum Gasteiger partial charge on any atom is 0.0466 e. The molecule has 3 heteroatoms. The molecular formula is C22H29NO2. The van der Waals surface area contributed by atoms with Crippen LogP contribution in [0.25, 0.3) is 21.8 Å². The van der Waals surface area contributed by atoms with Crippen LogP contribution in [0.1, 0.15) is 38.5 Å². The predicted molar refractivity (Wildman–Crippen MR) is 105 cm³/mol. The Balaban J connectivity index is 0.000000127. The number of aromatic nitrogens is 1. The van der Waals surface area contributed by atoms with Gasteiger partial charge in [-0.05, 0) is 50.7 Å². The van der Waals surface area contributed by atoms with E-state index in [-0.39, 0.29) is 0 Å². The summed E-state index contributed by atoms with van der Waals surface area (Å²) in [6.07, 6.45) is 7.86. The largest absolute Gasteiger partial charge is 0.381 e. The Morgan fingerprint density at radius 3 is 1.24 bits per heavy atom. The van der Waals surface area contributed by atoms with Crippen LogP contribution in [0, 0.1) is 0 Å². The zero-order valence-corrected chi connectivity index (χ0v) is 15.0. The van der Waals surface area contributed by atoms with Crippen LogP contribution in [0.2, 0.25) is 0 Å². The minimum Gasteiger partial charge on any atom is -0.381 e. The van der Waals surface area contributed by atoms with E-state index in [1.54, 1.807) is 0 Å². The molecule has 0 amide bonds. The number of aromatic amines is 1. The Labute approximate surface area is 150 Å². The molecule has 3 aromatic rings. The summed E-state index contributed by atoms with van der Waals surface area (Å²) in [7, 11) is 0. The first-order chi connectivity index (χ1) is 12.4. The van der Waals surface area contributed by atoms with Crippen molar-refractivity contribution in [3.05, 3.63) is 48.5 Å². The molecule has 134 valence electrons. The fraction of sp³-hybridized carbons (Fsp3) is 0.455. The number of ether oxygens (including phenoxy) is 2. The van der Waals surface area contributed by atoms with Crippen molar-refractivity contribution in [2.45, 2.75) is 38.5 Å². The van der Waals surface area contributed by atoms with Crippen molar-refractivity contribution in [1.29, 1.82) is 0 Å². The maximum absolute atomic E-state index is 5.07. The van der Waals surface area contributed by atoms with Crippen LogP contribution >= 0.6 is 0 Å². The Bertz CT molecular complexity index is 656. The molecule has 0 unspecified atom stereocenters. The van der Waals surface area contributed by atoms with Crippen molar-refractivity contribution in [2.24, 2.45) is 0 Å². The van der Waals surface area contributed by atoms with Crippen molar-refractivity contribution >= 4 is 21.8 Å². The van der Waals surface area contributed by atoms with Crippen LogP contribution < -0.4 is 0 Å². The Kier molecular flexibility index (Phi) is 7.34. The summed E-state index contributed by atoms with van der Waals surface area (Å²) < 4.78 is 10.1. The maximum atomic E-state index is 5.07. The highest BCUT2D eigenvalue weighted by Gasteiger charge is 2.00. The molecule has 5 rings (SSSR count).